The van der Waals surface area contributed by atoms with E-state index in [1.165, 1.54) is 19.1 Å². The van der Waals surface area contributed by atoms with Crippen LogP contribution in [0.4, 0.5) is 0 Å². The lowest BCUT2D eigenvalue weighted by Gasteiger charge is -2.36. The van der Waals surface area contributed by atoms with Gasteiger partial charge in [-0.25, -0.2) is 0 Å². The molecule has 0 saturated carbocycles. The average Bonchev–Trinajstić information content (AvgIpc) is 3.28. The molecule has 2 aromatic carbocycles. The number of aromatic hydroxyl groups is 1. The summed E-state index contributed by atoms with van der Waals surface area (Å²) < 4.78 is 0. The van der Waals surface area contributed by atoms with Crippen molar-refractivity contribution in [2.75, 3.05) is 6.54 Å². The van der Waals surface area contributed by atoms with Crippen molar-refractivity contribution in [2.45, 2.75) is 57.3 Å². The van der Waals surface area contributed by atoms with Crippen molar-refractivity contribution in [3.63, 3.8) is 0 Å². The second-order valence-electron chi connectivity index (χ2n) is 9.88. The van der Waals surface area contributed by atoms with Gasteiger partial charge in [0.15, 0.2) is 11.7 Å². The number of para-hydroxylation sites is 1. The van der Waals surface area contributed by atoms with Gasteiger partial charge in [0.05, 0.1) is 24.7 Å². The van der Waals surface area contributed by atoms with Gasteiger partial charge in [-0.15, -0.1) is 0 Å². The maximum absolute atomic E-state index is 14.0. The molecule has 11 nitrogen and oxygen atoms in total. The van der Waals surface area contributed by atoms with E-state index in [0.717, 1.165) is 27.7 Å². The highest BCUT2D eigenvalue weighted by molar-refractivity contribution is 5.97. The number of H-pyrrole nitrogens is 1. The third-order valence-electron chi connectivity index (χ3n) is 7.07. The lowest BCUT2D eigenvalue weighted by atomic mass is 9.89. The second kappa shape index (κ2) is 12.0. The number of aromatic amines is 1. The molecule has 0 fully saturated rings. The number of nitrogens with zero attached hydrogens (tertiary/aromatic N) is 2. The number of phenols is 1. The molecule has 0 saturated heterocycles. The van der Waals surface area contributed by atoms with E-state index < -0.39 is 24.0 Å². The zero-order valence-electron chi connectivity index (χ0n) is 21.9. The minimum Gasteiger partial charge on any atom is -0.508 e. The summed E-state index contributed by atoms with van der Waals surface area (Å²) in [6.45, 7) is 1.99. The van der Waals surface area contributed by atoms with E-state index in [1.807, 2.05) is 24.3 Å². The van der Waals surface area contributed by atoms with Crippen molar-refractivity contribution in [1.29, 1.82) is 0 Å². The highest BCUT2D eigenvalue weighted by Gasteiger charge is 2.38. The minimum atomic E-state index is -0.918. The minimum absolute atomic E-state index is 0.0558. The molecule has 1 aromatic heterocycles. The van der Waals surface area contributed by atoms with Crippen LogP contribution in [0.3, 0.4) is 0 Å². The van der Waals surface area contributed by atoms with Crippen LogP contribution in [0, 0.1) is 0 Å². The largest absolute Gasteiger partial charge is 0.508 e. The Balaban J connectivity index is 1.56. The summed E-state index contributed by atoms with van der Waals surface area (Å²) in [6.07, 6.45) is 1.27. The normalized spacial score (nSPS) is 16.3. The number of benzene rings is 2. The van der Waals surface area contributed by atoms with E-state index in [9.17, 15) is 19.5 Å². The molecule has 9 N–H and O–H groups in total. The van der Waals surface area contributed by atoms with Gasteiger partial charge in [0.1, 0.15) is 5.75 Å². The van der Waals surface area contributed by atoms with Crippen molar-refractivity contribution in [2.24, 2.45) is 22.2 Å². The maximum Gasteiger partial charge on any atom is 0.237 e. The van der Waals surface area contributed by atoms with Gasteiger partial charge in [0, 0.05) is 36.5 Å². The number of aromatic nitrogens is 1. The molecule has 0 radical (unpaired) electrons. The van der Waals surface area contributed by atoms with E-state index in [4.69, 9.17) is 17.2 Å². The molecular weight excluding hydrogens is 498 g/mol. The van der Waals surface area contributed by atoms with Gasteiger partial charge >= 0.3 is 0 Å². The van der Waals surface area contributed by atoms with Crippen LogP contribution < -0.4 is 22.5 Å². The number of hydrogen-bond donors (Lipinski definition) is 6. The Hall–Kier alpha value is -4.38. The first-order valence-electron chi connectivity index (χ1n) is 12.9. The molecule has 1 aliphatic rings. The lowest BCUT2D eigenvalue weighted by Crippen LogP contribution is -2.56. The topological polar surface area (TPSA) is 193 Å². The summed E-state index contributed by atoms with van der Waals surface area (Å²) >= 11 is 0. The van der Waals surface area contributed by atoms with Crippen molar-refractivity contribution in [3.05, 3.63) is 65.4 Å². The van der Waals surface area contributed by atoms with E-state index in [2.05, 4.69) is 15.3 Å². The number of guanidine groups is 1. The van der Waals surface area contributed by atoms with Crippen LogP contribution in [0.5, 0.6) is 5.75 Å². The van der Waals surface area contributed by atoms with Crippen molar-refractivity contribution in [3.8, 4) is 5.75 Å². The fourth-order valence-corrected chi connectivity index (χ4v) is 5.07. The van der Waals surface area contributed by atoms with Crippen LogP contribution in [0.2, 0.25) is 0 Å². The number of fused-ring (bicyclic) bond motifs is 3. The molecule has 0 aliphatic carbocycles. The molecule has 0 bridgehead atoms. The quantitative estimate of drug-likeness (QED) is 0.126. The highest BCUT2D eigenvalue weighted by atomic mass is 16.3. The SMILES string of the molecule is CC(=O)N1Cc2[nH]c3ccccc3c2CC1C(=O)C(CCCN=C(N)N)NC(=O)C(N)Cc1ccc(O)cc1. The van der Waals surface area contributed by atoms with Gasteiger partial charge < -0.3 is 37.5 Å². The molecule has 3 aromatic rings. The Morgan fingerprint density at radius 1 is 1.15 bits per heavy atom. The molecule has 39 heavy (non-hydrogen) atoms. The number of carbonyl (C=O) groups is 3. The smallest absolute Gasteiger partial charge is 0.237 e. The first-order chi connectivity index (χ1) is 18.6. The van der Waals surface area contributed by atoms with E-state index in [-0.39, 0.29) is 49.3 Å². The fraction of sp³-hybridized carbons (Fsp3) is 0.357. The van der Waals surface area contributed by atoms with Crippen LogP contribution in [-0.4, -0.2) is 63.2 Å². The number of rotatable bonds is 10. The Labute approximate surface area is 226 Å². The number of nitrogens with two attached hydrogens (primary N) is 3. The zero-order chi connectivity index (χ0) is 28.1. The first kappa shape index (κ1) is 27.6. The number of Topliss-reactive ketones (excluding diaryl/α,β-unsaturated/α-hetero) is 1. The van der Waals surface area contributed by atoms with Crippen LogP contribution in [0.15, 0.2) is 53.5 Å². The number of amides is 2. The summed E-state index contributed by atoms with van der Waals surface area (Å²) in [6, 6.07) is 11.7. The number of hydrogen-bond acceptors (Lipinski definition) is 6. The van der Waals surface area contributed by atoms with E-state index in [1.54, 1.807) is 17.0 Å². The maximum atomic E-state index is 14.0. The highest BCUT2D eigenvalue weighted by Crippen LogP contribution is 2.31. The number of ketones is 1. The summed E-state index contributed by atoms with van der Waals surface area (Å²) in [4.78, 5) is 48.6. The molecule has 0 spiro atoms. The summed E-state index contributed by atoms with van der Waals surface area (Å²) in [7, 11) is 0. The molecule has 206 valence electrons. The van der Waals surface area contributed by atoms with Gasteiger partial charge in [0.25, 0.3) is 0 Å². The van der Waals surface area contributed by atoms with Crippen LogP contribution >= 0.6 is 0 Å². The molecule has 3 unspecified atom stereocenters. The molecule has 3 atom stereocenters. The van der Waals surface area contributed by atoms with E-state index >= 15 is 0 Å². The first-order valence-corrected chi connectivity index (χ1v) is 12.9. The van der Waals surface area contributed by atoms with E-state index in [0.29, 0.717) is 12.8 Å². The van der Waals surface area contributed by atoms with Gasteiger partial charge in [0.2, 0.25) is 11.8 Å². The zero-order valence-corrected chi connectivity index (χ0v) is 21.9. The van der Waals surface area contributed by atoms with Gasteiger partial charge in [-0.2, -0.15) is 0 Å². The molecule has 2 amide bonds. The standard InChI is InChI=1S/C28H35N7O4/c1-16(36)35-15-24-20(19-5-2-3-6-22(19)33-24)14-25(35)26(38)23(7-4-12-32-28(30)31)34-27(39)21(29)13-17-8-10-18(37)11-9-17/h2-3,5-6,8-11,21,23,25,33,37H,4,7,12-15,29H2,1H3,(H,34,39)(H4,30,31,32). The number of carbonyl (C=O) groups excluding carboxylic acids is 3. The van der Waals surface area contributed by atoms with Gasteiger partial charge in [-0.05, 0) is 48.6 Å². The Morgan fingerprint density at radius 3 is 2.56 bits per heavy atom. The summed E-state index contributed by atoms with van der Waals surface area (Å²) in [5.41, 5.74) is 20.7. The van der Waals surface area contributed by atoms with Gasteiger partial charge in [-0.3, -0.25) is 19.4 Å². The van der Waals surface area contributed by atoms with Crippen molar-refractivity contribution in [1.82, 2.24) is 15.2 Å². The predicted octanol–water partition coefficient (Wildman–Crippen LogP) is 0.824. The molecule has 2 heterocycles. The van der Waals surface area contributed by atoms with Crippen LogP contribution in [-0.2, 0) is 33.8 Å². The van der Waals surface area contributed by atoms with Crippen LogP contribution in [0.25, 0.3) is 10.9 Å². The molecule has 11 heteroatoms. The number of phenolic OH excluding ortho intramolecular Hbond substituents is 1. The van der Waals surface area contributed by atoms with Crippen LogP contribution in [0.1, 0.15) is 36.6 Å². The average molecular weight is 534 g/mol. The second-order valence-corrected chi connectivity index (χ2v) is 9.88. The third kappa shape index (κ3) is 6.55. The summed E-state index contributed by atoms with van der Waals surface area (Å²) in [5, 5.41) is 13.3. The van der Waals surface area contributed by atoms with Crippen molar-refractivity contribution < 1.29 is 19.5 Å². The Bertz CT molecular complexity index is 1380. The van der Waals surface area contributed by atoms with Crippen molar-refractivity contribution >= 4 is 34.5 Å². The third-order valence-corrected chi connectivity index (χ3v) is 7.07. The Morgan fingerprint density at radius 2 is 1.87 bits per heavy atom. The van der Waals surface area contributed by atoms with Gasteiger partial charge in [-0.1, -0.05) is 30.3 Å². The predicted molar refractivity (Wildman–Crippen MR) is 149 cm³/mol. The lowest BCUT2D eigenvalue weighted by molar-refractivity contribution is -0.141. The fourth-order valence-electron chi connectivity index (χ4n) is 5.07. The summed E-state index contributed by atoms with van der Waals surface area (Å²) in [5.74, 6) is -0.923. The molecule has 4 rings (SSSR count). The number of aliphatic imine (C=N–C) groups is 1. The molecular formula is C28H35N7O4. The Kier molecular flexibility index (Phi) is 8.50. The molecule has 1 aliphatic heterocycles. The monoisotopic (exact) mass is 533 g/mol. The number of nitrogens with one attached hydrogen (secondary N) is 2.